The molecule has 2 fully saturated rings. The quantitative estimate of drug-likeness (QED) is 0.801. The van der Waals surface area contributed by atoms with E-state index in [1.165, 1.54) is 12.8 Å². The summed E-state index contributed by atoms with van der Waals surface area (Å²) < 4.78 is 11.5. The number of hydrogen-bond acceptors (Lipinski definition) is 3. The molecule has 3 nitrogen and oxygen atoms in total. The van der Waals surface area contributed by atoms with Gasteiger partial charge in [-0.25, -0.2) is 0 Å². The highest BCUT2D eigenvalue weighted by molar-refractivity contribution is 4.92. The fourth-order valence-corrected chi connectivity index (χ4v) is 2.78. The molecule has 2 unspecified atom stereocenters. The van der Waals surface area contributed by atoms with E-state index in [0.29, 0.717) is 12.1 Å². The van der Waals surface area contributed by atoms with Crippen LogP contribution < -0.4 is 5.32 Å². The number of hydrogen-bond donors (Lipinski definition) is 1. The van der Waals surface area contributed by atoms with Crippen molar-refractivity contribution in [2.24, 2.45) is 0 Å². The minimum atomic E-state index is 0.127. The molecule has 94 valence electrons. The second-order valence-corrected chi connectivity index (χ2v) is 5.31. The van der Waals surface area contributed by atoms with Crippen molar-refractivity contribution in [2.75, 3.05) is 19.8 Å². The monoisotopic (exact) mass is 227 g/mol. The Balaban J connectivity index is 1.87. The van der Waals surface area contributed by atoms with Gasteiger partial charge in [0.25, 0.3) is 0 Å². The van der Waals surface area contributed by atoms with Crippen molar-refractivity contribution in [2.45, 2.75) is 63.6 Å². The van der Waals surface area contributed by atoms with Gasteiger partial charge in [0.2, 0.25) is 0 Å². The minimum Gasteiger partial charge on any atom is -0.381 e. The van der Waals surface area contributed by atoms with Crippen LogP contribution in [0.15, 0.2) is 0 Å². The summed E-state index contributed by atoms with van der Waals surface area (Å²) in [6, 6.07) is 1.27. The Labute approximate surface area is 98.9 Å². The van der Waals surface area contributed by atoms with Crippen molar-refractivity contribution in [1.29, 1.82) is 0 Å². The first-order valence-electron chi connectivity index (χ1n) is 6.72. The lowest BCUT2D eigenvalue weighted by Gasteiger charge is -2.44. The summed E-state index contributed by atoms with van der Waals surface area (Å²) in [6.45, 7) is 7.16. The van der Waals surface area contributed by atoms with Crippen LogP contribution in [0.4, 0.5) is 0 Å². The first kappa shape index (κ1) is 12.3. The second kappa shape index (κ2) is 5.48. The van der Waals surface area contributed by atoms with Gasteiger partial charge in [-0.05, 0) is 39.0 Å². The molecule has 0 aliphatic carbocycles. The van der Waals surface area contributed by atoms with E-state index in [1.54, 1.807) is 0 Å². The Kier molecular flexibility index (Phi) is 4.22. The van der Waals surface area contributed by atoms with E-state index in [-0.39, 0.29) is 5.60 Å². The Bertz CT molecular complexity index is 208. The van der Waals surface area contributed by atoms with Gasteiger partial charge in [-0.1, -0.05) is 6.92 Å². The average Bonchev–Trinajstić information content (AvgIpc) is 2.30. The second-order valence-electron chi connectivity index (χ2n) is 5.31. The Morgan fingerprint density at radius 2 is 2.06 bits per heavy atom. The fraction of sp³-hybridized carbons (Fsp3) is 1.00. The van der Waals surface area contributed by atoms with Gasteiger partial charge in [0.05, 0.1) is 5.60 Å². The molecule has 2 saturated heterocycles. The van der Waals surface area contributed by atoms with E-state index in [0.717, 1.165) is 39.1 Å². The van der Waals surface area contributed by atoms with Crippen molar-refractivity contribution in [3.63, 3.8) is 0 Å². The lowest BCUT2D eigenvalue weighted by Crippen LogP contribution is -2.51. The third-order valence-corrected chi connectivity index (χ3v) is 4.03. The average molecular weight is 227 g/mol. The predicted molar refractivity (Wildman–Crippen MR) is 64.6 cm³/mol. The maximum Gasteiger partial charge on any atom is 0.0741 e. The summed E-state index contributed by atoms with van der Waals surface area (Å²) in [4.78, 5) is 0. The molecule has 0 bridgehead atoms. The van der Waals surface area contributed by atoms with Crippen LogP contribution in [-0.2, 0) is 9.47 Å². The minimum absolute atomic E-state index is 0.127. The molecule has 2 aliphatic rings. The van der Waals surface area contributed by atoms with E-state index in [4.69, 9.17) is 9.47 Å². The van der Waals surface area contributed by atoms with Gasteiger partial charge in [0.15, 0.2) is 0 Å². The summed E-state index contributed by atoms with van der Waals surface area (Å²) >= 11 is 0. The van der Waals surface area contributed by atoms with Gasteiger partial charge in [-0.2, -0.15) is 0 Å². The molecule has 0 saturated carbocycles. The van der Waals surface area contributed by atoms with Gasteiger partial charge in [0, 0.05) is 31.9 Å². The molecule has 0 amide bonds. The van der Waals surface area contributed by atoms with Crippen LogP contribution in [-0.4, -0.2) is 37.5 Å². The van der Waals surface area contributed by atoms with Crippen molar-refractivity contribution < 1.29 is 9.47 Å². The molecule has 0 aromatic carbocycles. The highest BCUT2D eigenvalue weighted by Crippen LogP contribution is 2.34. The predicted octanol–water partition coefficient (Wildman–Crippen LogP) is 2.10. The topological polar surface area (TPSA) is 30.5 Å². The third kappa shape index (κ3) is 2.96. The third-order valence-electron chi connectivity index (χ3n) is 4.03. The van der Waals surface area contributed by atoms with Crippen LogP contribution in [0.25, 0.3) is 0 Å². The zero-order valence-electron chi connectivity index (χ0n) is 10.6. The van der Waals surface area contributed by atoms with E-state index >= 15 is 0 Å². The molecular formula is C13H25NO2. The van der Waals surface area contributed by atoms with Gasteiger partial charge in [0.1, 0.15) is 0 Å². The Morgan fingerprint density at radius 1 is 1.31 bits per heavy atom. The molecule has 1 spiro atoms. The smallest absolute Gasteiger partial charge is 0.0741 e. The summed E-state index contributed by atoms with van der Waals surface area (Å²) in [7, 11) is 0. The first-order valence-corrected chi connectivity index (χ1v) is 6.72. The van der Waals surface area contributed by atoms with Crippen molar-refractivity contribution in [1.82, 2.24) is 5.32 Å². The van der Waals surface area contributed by atoms with Gasteiger partial charge in [-0.3, -0.25) is 0 Å². The highest BCUT2D eigenvalue weighted by Gasteiger charge is 2.38. The first-order chi connectivity index (χ1) is 7.74. The maximum absolute atomic E-state index is 6.03. The zero-order chi connectivity index (χ0) is 11.4. The van der Waals surface area contributed by atoms with Crippen LogP contribution in [0, 0.1) is 0 Å². The molecule has 2 rings (SSSR count). The van der Waals surface area contributed by atoms with Crippen LogP contribution in [0.3, 0.4) is 0 Å². The van der Waals surface area contributed by atoms with Crippen molar-refractivity contribution in [3.8, 4) is 0 Å². The van der Waals surface area contributed by atoms with Crippen LogP contribution in [0.5, 0.6) is 0 Å². The van der Waals surface area contributed by atoms with E-state index in [9.17, 15) is 0 Å². The van der Waals surface area contributed by atoms with Crippen molar-refractivity contribution >= 4 is 0 Å². The number of nitrogens with one attached hydrogen (secondary N) is 1. The van der Waals surface area contributed by atoms with Crippen LogP contribution in [0.2, 0.25) is 0 Å². The largest absolute Gasteiger partial charge is 0.381 e. The zero-order valence-corrected chi connectivity index (χ0v) is 10.6. The SMILES string of the molecule is CCC(C)NC1CCOC2(CCOCC2)C1. The summed E-state index contributed by atoms with van der Waals surface area (Å²) in [5.41, 5.74) is 0.127. The molecular weight excluding hydrogens is 202 g/mol. The lowest BCUT2D eigenvalue weighted by molar-refractivity contribution is -0.140. The molecule has 0 radical (unpaired) electrons. The van der Waals surface area contributed by atoms with E-state index in [2.05, 4.69) is 19.2 Å². The summed E-state index contributed by atoms with van der Waals surface area (Å²) in [5, 5.41) is 3.72. The fourth-order valence-electron chi connectivity index (χ4n) is 2.78. The standard InChI is InChI=1S/C13H25NO2/c1-3-11(2)14-12-4-7-16-13(10-12)5-8-15-9-6-13/h11-12,14H,3-10H2,1-2H3. The Morgan fingerprint density at radius 3 is 2.75 bits per heavy atom. The summed E-state index contributed by atoms with van der Waals surface area (Å²) in [5.74, 6) is 0. The molecule has 2 heterocycles. The molecule has 0 aromatic rings. The normalized spacial score (nSPS) is 31.5. The Hall–Kier alpha value is -0.120. The number of rotatable bonds is 3. The van der Waals surface area contributed by atoms with Gasteiger partial charge in [-0.15, -0.1) is 0 Å². The van der Waals surface area contributed by atoms with Crippen LogP contribution >= 0.6 is 0 Å². The van der Waals surface area contributed by atoms with Crippen LogP contribution in [0.1, 0.15) is 46.0 Å². The molecule has 0 aromatic heterocycles. The molecule has 16 heavy (non-hydrogen) atoms. The van der Waals surface area contributed by atoms with Crippen molar-refractivity contribution in [3.05, 3.63) is 0 Å². The molecule has 2 aliphatic heterocycles. The molecule has 2 atom stereocenters. The van der Waals surface area contributed by atoms with Gasteiger partial charge >= 0.3 is 0 Å². The maximum atomic E-state index is 6.03. The van der Waals surface area contributed by atoms with Gasteiger partial charge < -0.3 is 14.8 Å². The highest BCUT2D eigenvalue weighted by atomic mass is 16.5. The number of ether oxygens (including phenoxy) is 2. The molecule has 3 heteroatoms. The molecule has 1 N–H and O–H groups in total. The van der Waals surface area contributed by atoms with E-state index < -0.39 is 0 Å². The van der Waals surface area contributed by atoms with E-state index in [1.807, 2.05) is 0 Å². The summed E-state index contributed by atoms with van der Waals surface area (Å²) in [6.07, 6.45) is 5.68. The lowest BCUT2D eigenvalue weighted by atomic mass is 9.84.